The largest absolute Gasteiger partial charge is 0.502 e. The van der Waals surface area contributed by atoms with Gasteiger partial charge in [0.15, 0.2) is 0 Å². The molecule has 3 aromatic rings. The van der Waals surface area contributed by atoms with Gasteiger partial charge in [-0.25, -0.2) is 4.99 Å². The molecule has 1 aromatic heterocycles. The van der Waals surface area contributed by atoms with Gasteiger partial charge < -0.3 is 10.4 Å². The smallest absolute Gasteiger partial charge is 0.318 e. The number of amides is 1. The molecule has 10 nitrogen and oxygen atoms in total. The molecule has 0 aliphatic heterocycles. The van der Waals surface area contributed by atoms with Gasteiger partial charge in [-0.05, 0) is 36.8 Å². The number of phenols is 1. The van der Waals surface area contributed by atoms with Gasteiger partial charge in [-0.15, -0.1) is 11.3 Å². The van der Waals surface area contributed by atoms with E-state index in [1.165, 1.54) is 11.3 Å². The third-order valence-corrected chi connectivity index (χ3v) is 6.71. The van der Waals surface area contributed by atoms with E-state index in [1.807, 2.05) is 30.3 Å². The number of aryl methyl sites for hydroxylation is 1. The van der Waals surface area contributed by atoms with Crippen molar-refractivity contribution in [3.8, 4) is 5.75 Å². The summed E-state index contributed by atoms with van der Waals surface area (Å²) in [5.41, 5.74) is 0.801. The molecule has 11 heteroatoms. The average Bonchev–Trinajstić information content (AvgIpc) is 3.20. The first-order valence-electron chi connectivity index (χ1n) is 10.5. The van der Waals surface area contributed by atoms with Crippen molar-refractivity contribution < 1.29 is 19.7 Å². The predicted octanol–water partition coefficient (Wildman–Crippen LogP) is 4.83. The number of nitro benzene ring substituents is 2. The van der Waals surface area contributed by atoms with Crippen molar-refractivity contribution in [1.82, 2.24) is 5.32 Å². The third-order valence-electron chi connectivity index (χ3n) is 5.51. The Bertz CT molecular complexity index is 1300. The standard InChI is InChI=1S/C23H20N4O6S/c28-21-15(10-16(26(30)31)11-18(21)27(32)33)13-25-23-20(17-8-4-5-9-19(17)34-23)22(29)24-12-14-6-2-1-3-7-14/h1-3,6-7,10-11,13,28H,4-5,8-9,12H2,(H,24,29). The number of hydrogen-bond donors (Lipinski definition) is 2. The molecule has 0 radical (unpaired) electrons. The zero-order chi connectivity index (χ0) is 24.2. The predicted molar refractivity (Wildman–Crippen MR) is 127 cm³/mol. The van der Waals surface area contributed by atoms with Crippen molar-refractivity contribution >= 4 is 39.8 Å². The van der Waals surface area contributed by atoms with Gasteiger partial charge in [0.25, 0.3) is 11.6 Å². The second kappa shape index (κ2) is 9.79. The molecular formula is C23H20N4O6S. The van der Waals surface area contributed by atoms with Crippen LogP contribution in [0.25, 0.3) is 0 Å². The number of nitro groups is 2. The van der Waals surface area contributed by atoms with Crippen molar-refractivity contribution in [1.29, 1.82) is 0 Å². The SMILES string of the molecule is O=C(NCc1ccccc1)c1c(N=Cc2cc([N+](=O)[O-])cc([N+](=O)[O-])c2O)sc2c1CCCC2. The molecule has 0 saturated carbocycles. The molecule has 1 amide bonds. The van der Waals surface area contributed by atoms with E-state index in [9.17, 15) is 30.1 Å². The number of non-ortho nitro benzene ring substituents is 1. The lowest BCUT2D eigenvalue weighted by Gasteiger charge is -2.12. The summed E-state index contributed by atoms with van der Waals surface area (Å²) >= 11 is 1.35. The Morgan fingerprint density at radius 2 is 1.85 bits per heavy atom. The molecule has 4 rings (SSSR count). The Morgan fingerprint density at radius 3 is 2.56 bits per heavy atom. The van der Waals surface area contributed by atoms with Crippen molar-refractivity contribution in [3.63, 3.8) is 0 Å². The monoisotopic (exact) mass is 480 g/mol. The number of rotatable bonds is 7. The molecule has 0 atom stereocenters. The van der Waals surface area contributed by atoms with Crippen molar-refractivity contribution in [2.24, 2.45) is 4.99 Å². The van der Waals surface area contributed by atoms with Gasteiger partial charge in [-0.1, -0.05) is 30.3 Å². The number of aromatic hydroxyl groups is 1. The van der Waals surface area contributed by atoms with Gasteiger partial charge in [-0.3, -0.25) is 25.0 Å². The van der Waals surface area contributed by atoms with E-state index in [0.717, 1.165) is 54.0 Å². The first-order chi connectivity index (χ1) is 16.3. The van der Waals surface area contributed by atoms with Crippen LogP contribution in [0, 0.1) is 20.2 Å². The summed E-state index contributed by atoms with van der Waals surface area (Å²) in [6.45, 7) is 0.339. The maximum Gasteiger partial charge on any atom is 0.318 e. The van der Waals surface area contributed by atoms with E-state index in [0.29, 0.717) is 23.2 Å². The number of carbonyl (C=O) groups is 1. The van der Waals surface area contributed by atoms with E-state index in [4.69, 9.17) is 0 Å². The Labute approximate surface area is 197 Å². The molecule has 0 fully saturated rings. The topological polar surface area (TPSA) is 148 Å². The highest BCUT2D eigenvalue weighted by Crippen LogP contribution is 2.40. The number of phenolic OH excluding ortho intramolecular Hbond substituents is 1. The molecule has 1 aliphatic carbocycles. The normalized spacial score (nSPS) is 12.9. The molecule has 1 aliphatic rings. The number of nitrogens with one attached hydrogen (secondary N) is 1. The molecule has 0 spiro atoms. The van der Waals surface area contributed by atoms with Crippen molar-refractivity contribution in [2.75, 3.05) is 0 Å². The van der Waals surface area contributed by atoms with E-state index in [2.05, 4.69) is 10.3 Å². The maximum atomic E-state index is 13.1. The lowest BCUT2D eigenvalue weighted by Crippen LogP contribution is -2.24. The summed E-state index contributed by atoms with van der Waals surface area (Å²) in [5, 5.41) is 36.0. The van der Waals surface area contributed by atoms with Crippen LogP contribution in [-0.4, -0.2) is 27.1 Å². The van der Waals surface area contributed by atoms with Gasteiger partial charge in [0.05, 0.1) is 21.5 Å². The van der Waals surface area contributed by atoms with Crippen molar-refractivity contribution in [2.45, 2.75) is 32.2 Å². The zero-order valence-electron chi connectivity index (χ0n) is 17.9. The van der Waals surface area contributed by atoms with Crippen LogP contribution in [0.2, 0.25) is 0 Å². The highest BCUT2D eigenvalue weighted by atomic mass is 32.1. The van der Waals surface area contributed by atoms with Crippen LogP contribution in [-0.2, 0) is 19.4 Å². The summed E-state index contributed by atoms with van der Waals surface area (Å²) in [4.78, 5) is 39.3. The fourth-order valence-corrected chi connectivity index (χ4v) is 5.07. The highest BCUT2D eigenvalue weighted by Gasteiger charge is 2.26. The molecule has 0 bridgehead atoms. The quantitative estimate of drug-likeness (QED) is 0.281. The Morgan fingerprint density at radius 1 is 1.12 bits per heavy atom. The molecular weight excluding hydrogens is 460 g/mol. The minimum atomic E-state index is -0.897. The molecule has 0 saturated heterocycles. The number of aliphatic imine (C=N–C) groups is 1. The van der Waals surface area contributed by atoms with E-state index in [1.54, 1.807) is 0 Å². The van der Waals surface area contributed by atoms with Gasteiger partial charge in [0.2, 0.25) is 5.75 Å². The van der Waals surface area contributed by atoms with Crippen LogP contribution in [0.1, 0.15) is 44.8 Å². The summed E-state index contributed by atoms with van der Waals surface area (Å²) < 4.78 is 0. The second-order valence-electron chi connectivity index (χ2n) is 7.73. The van der Waals surface area contributed by atoms with Gasteiger partial charge in [0, 0.05) is 29.3 Å². The van der Waals surface area contributed by atoms with Gasteiger partial charge in [0.1, 0.15) is 5.00 Å². The first-order valence-corrected chi connectivity index (χ1v) is 11.3. The van der Waals surface area contributed by atoms with Crippen molar-refractivity contribution in [3.05, 3.63) is 89.8 Å². The maximum absolute atomic E-state index is 13.1. The Kier molecular flexibility index (Phi) is 6.64. The van der Waals surface area contributed by atoms with Crippen LogP contribution in [0.5, 0.6) is 5.75 Å². The molecule has 174 valence electrons. The number of benzene rings is 2. The number of thiophene rings is 1. The average molecular weight is 481 g/mol. The molecule has 1 heterocycles. The van der Waals surface area contributed by atoms with Crippen LogP contribution in [0.3, 0.4) is 0 Å². The Balaban J connectivity index is 1.70. The fourth-order valence-electron chi connectivity index (χ4n) is 3.84. The lowest BCUT2D eigenvalue weighted by molar-refractivity contribution is -0.394. The summed E-state index contributed by atoms with van der Waals surface area (Å²) in [5.74, 6) is -1.01. The minimum absolute atomic E-state index is 0.178. The van der Waals surface area contributed by atoms with Gasteiger partial charge >= 0.3 is 5.69 Å². The zero-order valence-corrected chi connectivity index (χ0v) is 18.7. The molecule has 2 aromatic carbocycles. The van der Waals surface area contributed by atoms with Crippen LogP contribution < -0.4 is 5.32 Å². The second-order valence-corrected chi connectivity index (χ2v) is 8.82. The third kappa shape index (κ3) is 4.79. The molecule has 0 unspecified atom stereocenters. The lowest BCUT2D eigenvalue weighted by atomic mass is 9.95. The first kappa shape index (κ1) is 23.1. The van der Waals surface area contributed by atoms with E-state index < -0.39 is 27.0 Å². The number of carbonyl (C=O) groups excluding carboxylic acids is 1. The minimum Gasteiger partial charge on any atom is -0.502 e. The van der Waals surface area contributed by atoms with Crippen LogP contribution in [0.15, 0.2) is 47.5 Å². The van der Waals surface area contributed by atoms with E-state index in [-0.39, 0.29) is 11.5 Å². The number of nitrogens with zero attached hydrogens (tertiary/aromatic N) is 3. The summed E-state index contributed by atoms with van der Waals surface area (Å²) in [6.07, 6.45) is 4.63. The van der Waals surface area contributed by atoms with Gasteiger partial charge in [-0.2, -0.15) is 0 Å². The number of hydrogen-bond acceptors (Lipinski definition) is 8. The number of fused-ring (bicyclic) bond motifs is 1. The molecule has 34 heavy (non-hydrogen) atoms. The Hall–Kier alpha value is -4.12. The highest BCUT2D eigenvalue weighted by molar-refractivity contribution is 7.16. The van der Waals surface area contributed by atoms with Crippen LogP contribution >= 0.6 is 11.3 Å². The van der Waals surface area contributed by atoms with Crippen LogP contribution in [0.4, 0.5) is 16.4 Å². The summed E-state index contributed by atoms with van der Waals surface area (Å²) in [7, 11) is 0. The summed E-state index contributed by atoms with van der Waals surface area (Å²) in [6, 6.07) is 11.2. The molecule has 2 N–H and O–H groups in total. The fraction of sp³-hybridized carbons (Fsp3) is 0.217. The van der Waals surface area contributed by atoms with E-state index >= 15 is 0 Å².